The highest BCUT2D eigenvalue weighted by molar-refractivity contribution is 8.00. The molecule has 0 bridgehead atoms. The number of nitrogens with one attached hydrogen (secondary N) is 1. The highest BCUT2D eigenvalue weighted by atomic mass is 32.2. The molecule has 0 saturated heterocycles. The quantitative estimate of drug-likeness (QED) is 0.713. The van der Waals surface area contributed by atoms with Gasteiger partial charge in [0.2, 0.25) is 5.91 Å². The van der Waals surface area contributed by atoms with Crippen LogP contribution in [0.5, 0.6) is 0 Å². The van der Waals surface area contributed by atoms with Crippen molar-refractivity contribution in [2.75, 3.05) is 32.9 Å². The summed E-state index contributed by atoms with van der Waals surface area (Å²) in [7, 11) is 3.18. The molecule has 0 unspecified atom stereocenters. The molecule has 0 spiro atoms. The van der Waals surface area contributed by atoms with Gasteiger partial charge in [-0.3, -0.25) is 4.79 Å². The largest absolute Gasteiger partial charge is 0.441 e. The predicted molar refractivity (Wildman–Crippen MR) is 50.1 cm³/mol. The highest BCUT2D eigenvalue weighted by Gasteiger charge is 2.27. The first kappa shape index (κ1) is 13.6. The first-order chi connectivity index (χ1) is 6.33. The molecule has 0 fully saturated rings. The zero-order chi connectivity index (χ0) is 11.2. The van der Waals surface area contributed by atoms with Gasteiger partial charge in [-0.05, 0) is 11.8 Å². The minimum Gasteiger partial charge on any atom is -0.348 e. The molecule has 0 aromatic carbocycles. The molecule has 0 aromatic heterocycles. The molecule has 0 atom stereocenters. The Bertz CT molecular complexity index is 184. The van der Waals surface area contributed by atoms with Gasteiger partial charge < -0.3 is 10.2 Å². The van der Waals surface area contributed by atoms with E-state index in [2.05, 4.69) is 5.32 Å². The summed E-state index contributed by atoms with van der Waals surface area (Å²) in [5.74, 6) is -0.230. The van der Waals surface area contributed by atoms with Crippen LogP contribution in [-0.2, 0) is 4.79 Å². The lowest BCUT2D eigenvalue weighted by Crippen LogP contribution is -2.34. The number of likely N-dealkylation sites (N-methyl/N-ethyl adjacent to an activating group) is 1. The maximum Gasteiger partial charge on any atom is 0.441 e. The van der Waals surface area contributed by atoms with E-state index in [1.165, 1.54) is 4.90 Å². The summed E-state index contributed by atoms with van der Waals surface area (Å²) in [5, 5.41) is 2.63. The summed E-state index contributed by atoms with van der Waals surface area (Å²) >= 11 is -0.0938. The second-order valence-corrected chi connectivity index (χ2v) is 3.92. The lowest BCUT2D eigenvalue weighted by molar-refractivity contribution is -0.127. The number of carbonyl (C=O) groups excluding carboxylic acids is 1. The third-order valence-corrected chi connectivity index (χ3v) is 2.06. The lowest BCUT2D eigenvalue weighted by Gasteiger charge is -2.11. The van der Waals surface area contributed by atoms with Crippen molar-refractivity contribution in [3.63, 3.8) is 0 Å². The van der Waals surface area contributed by atoms with Crippen LogP contribution >= 0.6 is 11.8 Å². The van der Waals surface area contributed by atoms with Crippen molar-refractivity contribution in [2.45, 2.75) is 5.51 Å². The van der Waals surface area contributed by atoms with E-state index in [9.17, 15) is 18.0 Å². The fraction of sp³-hybridized carbons (Fsp3) is 0.857. The third-order valence-electron chi connectivity index (χ3n) is 1.32. The van der Waals surface area contributed by atoms with Crippen LogP contribution in [0.1, 0.15) is 0 Å². The Morgan fingerprint density at radius 3 is 2.43 bits per heavy atom. The molecular formula is C7H13F3N2OS. The van der Waals surface area contributed by atoms with Crippen molar-refractivity contribution in [2.24, 2.45) is 0 Å². The topological polar surface area (TPSA) is 32.3 Å². The van der Waals surface area contributed by atoms with Crippen molar-refractivity contribution in [3.8, 4) is 0 Å². The number of rotatable bonds is 5. The summed E-state index contributed by atoms with van der Waals surface area (Å²) in [6.07, 6.45) is 0. The zero-order valence-electron chi connectivity index (χ0n) is 8.02. The number of carbonyl (C=O) groups is 1. The second-order valence-electron chi connectivity index (χ2n) is 2.76. The second kappa shape index (κ2) is 6.13. The van der Waals surface area contributed by atoms with E-state index < -0.39 is 5.51 Å². The summed E-state index contributed by atoms with van der Waals surface area (Å²) < 4.78 is 34.9. The average molecular weight is 230 g/mol. The van der Waals surface area contributed by atoms with Crippen LogP contribution in [0.25, 0.3) is 0 Å². The number of hydrogen-bond donors (Lipinski definition) is 1. The van der Waals surface area contributed by atoms with E-state index in [1.807, 2.05) is 0 Å². The third kappa shape index (κ3) is 8.18. The lowest BCUT2D eigenvalue weighted by atomic mass is 10.5. The first-order valence-electron chi connectivity index (χ1n) is 3.94. The van der Waals surface area contributed by atoms with Crippen molar-refractivity contribution in [3.05, 3.63) is 0 Å². The number of thioether (sulfide) groups is 1. The van der Waals surface area contributed by atoms with Crippen LogP contribution in [0, 0.1) is 0 Å². The molecule has 84 valence electrons. The van der Waals surface area contributed by atoms with Crippen LogP contribution in [0.4, 0.5) is 13.2 Å². The van der Waals surface area contributed by atoms with Gasteiger partial charge in [0.1, 0.15) is 0 Å². The average Bonchev–Trinajstić information content (AvgIpc) is 2.01. The SMILES string of the molecule is CN(C)C(=O)CNCCSC(F)(F)F. The molecule has 0 aliphatic rings. The minimum atomic E-state index is -4.19. The van der Waals surface area contributed by atoms with Crippen molar-refractivity contribution >= 4 is 17.7 Å². The normalized spacial score (nSPS) is 11.5. The Hall–Kier alpha value is -0.430. The molecule has 0 aliphatic heterocycles. The van der Waals surface area contributed by atoms with Gasteiger partial charge in [-0.1, -0.05) is 0 Å². The Labute approximate surface area is 85.0 Å². The Balaban J connectivity index is 3.35. The molecule has 7 heteroatoms. The van der Waals surface area contributed by atoms with E-state index >= 15 is 0 Å². The molecule has 0 aromatic rings. The minimum absolute atomic E-state index is 0.0748. The van der Waals surface area contributed by atoms with Gasteiger partial charge >= 0.3 is 5.51 Å². The van der Waals surface area contributed by atoms with E-state index in [-0.39, 0.29) is 36.5 Å². The smallest absolute Gasteiger partial charge is 0.348 e. The number of nitrogens with zero attached hydrogens (tertiary/aromatic N) is 1. The van der Waals surface area contributed by atoms with Crippen LogP contribution < -0.4 is 5.32 Å². The fourth-order valence-electron chi connectivity index (χ4n) is 0.592. The van der Waals surface area contributed by atoms with E-state index in [1.54, 1.807) is 14.1 Å². The molecular weight excluding hydrogens is 217 g/mol. The van der Waals surface area contributed by atoms with Gasteiger partial charge in [0.15, 0.2) is 0 Å². The molecule has 0 aliphatic carbocycles. The van der Waals surface area contributed by atoms with Gasteiger partial charge in [0.05, 0.1) is 6.54 Å². The van der Waals surface area contributed by atoms with E-state index in [4.69, 9.17) is 0 Å². The maximum atomic E-state index is 11.6. The summed E-state index contributed by atoms with van der Waals surface area (Å²) in [4.78, 5) is 12.3. The van der Waals surface area contributed by atoms with Crippen molar-refractivity contribution in [1.29, 1.82) is 0 Å². The molecule has 3 nitrogen and oxygen atoms in total. The van der Waals surface area contributed by atoms with Gasteiger partial charge in [0.25, 0.3) is 0 Å². The van der Waals surface area contributed by atoms with Crippen LogP contribution in [0.3, 0.4) is 0 Å². The predicted octanol–water partition coefficient (Wildman–Crippen LogP) is 0.917. The van der Waals surface area contributed by atoms with Crippen molar-refractivity contribution < 1.29 is 18.0 Å². The summed E-state index contributed by atoms with van der Waals surface area (Å²) in [6.45, 7) is 0.245. The van der Waals surface area contributed by atoms with Gasteiger partial charge in [-0.2, -0.15) is 13.2 Å². The number of halogens is 3. The first-order valence-corrected chi connectivity index (χ1v) is 4.93. The van der Waals surface area contributed by atoms with Crippen LogP contribution in [0.2, 0.25) is 0 Å². The molecule has 0 saturated carbocycles. The van der Waals surface area contributed by atoms with Gasteiger partial charge in [-0.25, -0.2) is 0 Å². The molecule has 1 N–H and O–H groups in total. The maximum absolute atomic E-state index is 11.6. The Morgan fingerprint density at radius 2 is 2.00 bits per heavy atom. The fourth-order valence-corrected chi connectivity index (χ4v) is 1.07. The molecule has 0 radical (unpaired) electrons. The monoisotopic (exact) mass is 230 g/mol. The zero-order valence-corrected chi connectivity index (χ0v) is 8.84. The van der Waals surface area contributed by atoms with Gasteiger partial charge in [0, 0.05) is 26.4 Å². The van der Waals surface area contributed by atoms with E-state index in [0.717, 1.165) is 0 Å². The Morgan fingerprint density at radius 1 is 1.43 bits per heavy atom. The van der Waals surface area contributed by atoms with Crippen molar-refractivity contribution in [1.82, 2.24) is 10.2 Å². The molecule has 1 amide bonds. The standard InChI is InChI=1S/C7H13F3N2OS/c1-12(2)6(13)5-11-3-4-14-7(8,9)10/h11H,3-5H2,1-2H3. The van der Waals surface area contributed by atoms with Crippen LogP contribution in [0.15, 0.2) is 0 Å². The van der Waals surface area contributed by atoms with E-state index in [0.29, 0.717) is 0 Å². The summed E-state index contributed by atoms with van der Waals surface area (Å²) in [5.41, 5.74) is -4.19. The number of hydrogen-bond acceptors (Lipinski definition) is 3. The number of amides is 1. The van der Waals surface area contributed by atoms with Gasteiger partial charge in [-0.15, -0.1) is 0 Å². The van der Waals surface area contributed by atoms with Crippen LogP contribution in [-0.4, -0.2) is 49.3 Å². The highest BCUT2D eigenvalue weighted by Crippen LogP contribution is 2.29. The number of alkyl halides is 3. The summed E-state index contributed by atoms with van der Waals surface area (Å²) in [6, 6.07) is 0. The Kier molecular flexibility index (Phi) is 5.94. The molecule has 0 rings (SSSR count). The molecule has 14 heavy (non-hydrogen) atoms. The molecule has 0 heterocycles.